The number of benzene rings is 1. The lowest BCUT2D eigenvalue weighted by atomic mass is 10.1. The van der Waals surface area contributed by atoms with E-state index in [0.29, 0.717) is 4.99 Å². The minimum atomic E-state index is 0.483. The molecule has 0 saturated carbocycles. The van der Waals surface area contributed by atoms with E-state index in [1.165, 1.54) is 4.90 Å². The summed E-state index contributed by atoms with van der Waals surface area (Å²) in [6, 6.07) is 6.29. The first-order valence-electron chi connectivity index (χ1n) is 6.62. The molecule has 0 radical (unpaired) electrons. The van der Waals surface area contributed by atoms with E-state index < -0.39 is 0 Å². The number of nitrogens with zero attached hydrogens (tertiary/aromatic N) is 1. The van der Waals surface area contributed by atoms with Crippen molar-refractivity contribution in [1.82, 2.24) is 0 Å². The summed E-state index contributed by atoms with van der Waals surface area (Å²) in [6.45, 7) is 5.64. The van der Waals surface area contributed by atoms with Gasteiger partial charge in [-0.1, -0.05) is 25.2 Å². The maximum absolute atomic E-state index is 5.95. The van der Waals surface area contributed by atoms with Crippen molar-refractivity contribution in [2.45, 2.75) is 18.2 Å². The molecule has 0 spiro atoms. The van der Waals surface area contributed by atoms with E-state index >= 15 is 0 Å². The van der Waals surface area contributed by atoms with Crippen molar-refractivity contribution in [3.05, 3.63) is 23.8 Å². The number of thioether (sulfide) groups is 1. The predicted octanol–water partition coefficient (Wildman–Crippen LogP) is 2.66. The van der Waals surface area contributed by atoms with E-state index in [1.54, 1.807) is 11.8 Å². The zero-order valence-electron chi connectivity index (χ0n) is 11.2. The van der Waals surface area contributed by atoms with Crippen molar-refractivity contribution in [3.63, 3.8) is 0 Å². The third-order valence-corrected chi connectivity index (χ3v) is 4.26. The second kappa shape index (κ2) is 7.12. The van der Waals surface area contributed by atoms with E-state index in [9.17, 15) is 0 Å². The largest absolute Gasteiger partial charge is 0.389 e. The molecule has 1 heterocycles. The average molecular weight is 296 g/mol. The molecular weight excluding hydrogens is 276 g/mol. The lowest BCUT2D eigenvalue weighted by Gasteiger charge is -2.25. The van der Waals surface area contributed by atoms with Gasteiger partial charge in [0.05, 0.1) is 6.61 Å². The van der Waals surface area contributed by atoms with Crippen LogP contribution in [0.3, 0.4) is 0 Å². The van der Waals surface area contributed by atoms with Gasteiger partial charge in [-0.25, -0.2) is 0 Å². The van der Waals surface area contributed by atoms with Gasteiger partial charge in [-0.15, -0.1) is 11.8 Å². The Hall–Kier alpha value is -0.780. The first-order chi connectivity index (χ1) is 9.24. The highest BCUT2D eigenvalue weighted by Gasteiger charge is 2.17. The van der Waals surface area contributed by atoms with Crippen LogP contribution in [0.5, 0.6) is 0 Å². The minimum Gasteiger partial charge on any atom is -0.389 e. The Morgan fingerprint density at radius 3 is 3.00 bits per heavy atom. The summed E-state index contributed by atoms with van der Waals surface area (Å²) in [6.07, 6.45) is 1.04. The van der Waals surface area contributed by atoms with Crippen molar-refractivity contribution in [3.8, 4) is 0 Å². The molecule has 1 aromatic rings. The van der Waals surface area contributed by atoms with Crippen LogP contribution in [0.1, 0.15) is 18.9 Å². The van der Waals surface area contributed by atoms with Crippen molar-refractivity contribution in [2.24, 2.45) is 5.73 Å². The molecule has 1 aromatic carbocycles. The van der Waals surface area contributed by atoms with Crippen LogP contribution in [0, 0.1) is 0 Å². The van der Waals surface area contributed by atoms with Gasteiger partial charge in [-0.05, 0) is 24.3 Å². The second-order valence-corrected chi connectivity index (χ2v) is 6.15. The van der Waals surface area contributed by atoms with E-state index in [0.717, 1.165) is 49.7 Å². The fourth-order valence-corrected chi connectivity index (χ4v) is 3.42. The summed E-state index contributed by atoms with van der Waals surface area (Å²) in [5.74, 6) is 1.02. The Morgan fingerprint density at radius 2 is 2.26 bits per heavy atom. The Balaban J connectivity index is 2.37. The highest BCUT2D eigenvalue weighted by Crippen LogP contribution is 2.31. The Kier molecular flexibility index (Phi) is 5.48. The summed E-state index contributed by atoms with van der Waals surface area (Å²) in [4.78, 5) is 4.00. The van der Waals surface area contributed by atoms with Gasteiger partial charge < -0.3 is 15.4 Å². The first kappa shape index (κ1) is 14.6. The molecule has 3 nitrogen and oxygen atoms in total. The molecule has 1 aliphatic heterocycles. The van der Waals surface area contributed by atoms with Gasteiger partial charge in [0.2, 0.25) is 0 Å². The summed E-state index contributed by atoms with van der Waals surface area (Å²) < 4.78 is 5.51. The van der Waals surface area contributed by atoms with Crippen LogP contribution in [0.2, 0.25) is 0 Å². The van der Waals surface area contributed by atoms with Gasteiger partial charge in [-0.2, -0.15) is 0 Å². The van der Waals surface area contributed by atoms with Crippen molar-refractivity contribution >= 4 is 34.7 Å². The zero-order valence-corrected chi connectivity index (χ0v) is 12.9. The van der Waals surface area contributed by atoms with Gasteiger partial charge in [0.25, 0.3) is 0 Å². The maximum Gasteiger partial charge on any atom is 0.107 e. The number of ether oxygens (including phenoxy) is 1. The van der Waals surface area contributed by atoms with Crippen LogP contribution in [0.25, 0.3) is 0 Å². The average Bonchev–Trinajstić information content (AvgIpc) is 2.67. The SMILES string of the molecule is CCSc1cccc(N2CCCOCC2)c1C(N)=S. The third-order valence-electron chi connectivity index (χ3n) is 3.11. The normalized spacial score (nSPS) is 16.2. The molecule has 0 bridgehead atoms. The topological polar surface area (TPSA) is 38.5 Å². The maximum atomic E-state index is 5.95. The highest BCUT2D eigenvalue weighted by atomic mass is 32.2. The van der Waals surface area contributed by atoms with E-state index in [2.05, 4.69) is 30.0 Å². The molecule has 1 aliphatic rings. The van der Waals surface area contributed by atoms with Crippen LogP contribution in [-0.2, 0) is 4.74 Å². The number of rotatable bonds is 4. The van der Waals surface area contributed by atoms with E-state index in [4.69, 9.17) is 22.7 Å². The van der Waals surface area contributed by atoms with Crippen LogP contribution in [0.4, 0.5) is 5.69 Å². The standard InChI is InChI=1S/C14H20N2OS2/c1-2-19-12-6-3-5-11(13(12)14(15)18)16-7-4-9-17-10-8-16/h3,5-6H,2,4,7-10H2,1H3,(H2,15,18). The molecule has 0 amide bonds. The zero-order chi connectivity index (χ0) is 13.7. The Bertz CT molecular complexity index is 443. The molecule has 5 heteroatoms. The molecule has 2 rings (SSSR count). The van der Waals surface area contributed by atoms with Crippen LogP contribution >= 0.6 is 24.0 Å². The molecule has 0 aliphatic carbocycles. The van der Waals surface area contributed by atoms with Crippen molar-refractivity contribution < 1.29 is 4.74 Å². The molecule has 0 atom stereocenters. The fourth-order valence-electron chi connectivity index (χ4n) is 2.29. The first-order valence-corrected chi connectivity index (χ1v) is 8.01. The molecule has 1 fully saturated rings. The fraction of sp³-hybridized carbons (Fsp3) is 0.500. The molecule has 19 heavy (non-hydrogen) atoms. The summed E-state index contributed by atoms with van der Waals surface area (Å²) in [5, 5.41) is 0. The summed E-state index contributed by atoms with van der Waals surface area (Å²) in [5.41, 5.74) is 8.12. The van der Waals surface area contributed by atoms with Gasteiger partial charge in [0, 0.05) is 35.8 Å². The van der Waals surface area contributed by atoms with E-state index in [-0.39, 0.29) is 0 Å². The third kappa shape index (κ3) is 3.61. The minimum absolute atomic E-state index is 0.483. The van der Waals surface area contributed by atoms with Gasteiger partial charge in [-0.3, -0.25) is 0 Å². The van der Waals surface area contributed by atoms with Gasteiger partial charge in [0.15, 0.2) is 0 Å². The Labute approximate surface area is 124 Å². The van der Waals surface area contributed by atoms with Crippen LogP contribution in [0.15, 0.2) is 23.1 Å². The number of thiocarbonyl (C=S) groups is 1. The van der Waals surface area contributed by atoms with Crippen molar-refractivity contribution in [2.75, 3.05) is 37.0 Å². The monoisotopic (exact) mass is 296 g/mol. The molecule has 0 unspecified atom stereocenters. The quantitative estimate of drug-likeness (QED) is 0.683. The number of anilines is 1. The van der Waals surface area contributed by atoms with Crippen LogP contribution in [-0.4, -0.2) is 37.0 Å². The number of hydrogen-bond acceptors (Lipinski definition) is 4. The van der Waals surface area contributed by atoms with Crippen molar-refractivity contribution in [1.29, 1.82) is 0 Å². The molecule has 0 aromatic heterocycles. The molecule has 2 N–H and O–H groups in total. The Morgan fingerprint density at radius 1 is 1.42 bits per heavy atom. The van der Waals surface area contributed by atoms with E-state index in [1.807, 2.05) is 0 Å². The lowest BCUT2D eigenvalue weighted by molar-refractivity contribution is 0.152. The van der Waals surface area contributed by atoms with Gasteiger partial charge in [0.1, 0.15) is 4.99 Å². The number of nitrogens with two attached hydrogens (primary N) is 1. The summed E-state index contributed by atoms with van der Waals surface area (Å²) >= 11 is 7.05. The highest BCUT2D eigenvalue weighted by molar-refractivity contribution is 7.99. The summed E-state index contributed by atoms with van der Waals surface area (Å²) in [7, 11) is 0. The van der Waals surface area contributed by atoms with Crippen LogP contribution < -0.4 is 10.6 Å². The number of hydrogen-bond donors (Lipinski definition) is 1. The molecule has 104 valence electrons. The molecular formula is C14H20N2OS2. The smallest absolute Gasteiger partial charge is 0.107 e. The predicted molar refractivity (Wildman–Crippen MR) is 86.4 cm³/mol. The molecule has 1 saturated heterocycles. The second-order valence-electron chi connectivity index (χ2n) is 4.40. The van der Waals surface area contributed by atoms with Gasteiger partial charge >= 0.3 is 0 Å². The lowest BCUT2D eigenvalue weighted by Crippen LogP contribution is -2.28.